The maximum Gasteiger partial charge on any atom is 0.340 e. The van der Waals surface area contributed by atoms with Gasteiger partial charge in [-0.05, 0) is 67.8 Å². The van der Waals surface area contributed by atoms with Gasteiger partial charge in [-0.3, -0.25) is 9.69 Å². The van der Waals surface area contributed by atoms with Crippen LogP contribution in [0.1, 0.15) is 23.6 Å². The number of allylic oxidation sites excluding steroid dienone is 1. The average molecular weight is 365 g/mol. The molecule has 0 N–H and O–H groups in total. The van der Waals surface area contributed by atoms with Gasteiger partial charge < -0.3 is 4.74 Å². The van der Waals surface area contributed by atoms with Crippen molar-refractivity contribution >= 4 is 23.6 Å². The number of carbonyl (C=O) groups is 2. The Morgan fingerprint density at radius 2 is 1.70 bits per heavy atom. The first-order chi connectivity index (χ1) is 12.8. The second-order valence-electron chi connectivity index (χ2n) is 6.47. The molecule has 2 aromatic carbocycles. The molecule has 0 spiro atoms. The molecule has 27 heavy (non-hydrogen) atoms. The van der Waals surface area contributed by atoms with E-state index < -0.39 is 5.97 Å². The van der Waals surface area contributed by atoms with Crippen molar-refractivity contribution in [1.82, 2.24) is 0 Å². The van der Waals surface area contributed by atoms with E-state index in [-0.39, 0.29) is 22.9 Å². The lowest BCUT2D eigenvalue weighted by Crippen LogP contribution is -2.24. The average Bonchev–Trinajstić information content (AvgIpc) is 2.89. The lowest BCUT2D eigenvalue weighted by molar-refractivity contribution is -0.136. The summed E-state index contributed by atoms with van der Waals surface area (Å²) in [6, 6.07) is 11.4. The standard InChI is InChI=1S/C22H20FNO3/c1-13-5-10-18(11-14(13)2)24-15(3)20(22(26)27-4)19(21(24)25)12-16-6-8-17(23)9-7-16/h5-12H,1-4H3/b19-12-. The Kier molecular flexibility index (Phi) is 4.95. The van der Waals surface area contributed by atoms with E-state index >= 15 is 0 Å². The Bertz CT molecular complexity index is 987. The van der Waals surface area contributed by atoms with E-state index in [1.165, 1.54) is 24.1 Å². The largest absolute Gasteiger partial charge is 0.465 e. The summed E-state index contributed by atoms with van der Waals surface area (Å²) in [6.07, 6.45) is 1.58. The first-order valence-electron chi connectivity index (χ1n) is 8.52. The van der Waals surface area contributed by atoms with E-state index in [1.54, 1.807) is 25.1 Å². The molecule has 0 fully saturated rings. The number of rotatable bonds is 3. The summed E-state index contributed by atoms with van der Waals surface area (Å²) >= 11 is 0. The maximum absolute atomic E-state index is 13.2. The summed E-state index contributed by atoms with van der Waals surface area (Å²) in [5.41, 5.74) is 4.41. The van der Waals surface area contributed by atoms with Gasteiger partial charge in [-0.2, -0.15) is 0 Å². The van der Waals surface area contributed by atoms with Crippen LogP contribution in [0.2, 0.25) is 0 Å². The van der Waals surface area contributed by atoms with E-state index in [0.717, 1.165) is 11.1 Å². The van der Waals surface area contributed by atoms with E-state index in [2.05, 4.69) is 0 Å². The number of methoxy groups -OCH3 is 1. The number of amides is 1. The monoisotopic (exact) mass is 365 g/mol. The SMILES string of the molecule is COC(=O)C1=C(C)N(c2ccc(C)c(C)c2)C(=O)/C1=C\c1ccc(F)cc1. The normalized spacial score (nSPS) is 15.7. The smallest absolute Gasteiger partial charge is 0.340 e. The van der Waals surface area contributed by atoms with Crippen LogP contribution in [0.25, 0.3) is 6.08 Å². The quantitative estimate of drug-likeness (QED) is 0.601. The zero-order valence-electron chi connectivity index (χ0n) is 15.7. The Hall–Kier alpha value is -3.21. The molecule has 0 unspecified atom stereocenters. The molecule has 0 atom stereocenters. The maximum atomic E-state index is 13.2. The van der Waals surface area contributed by atoms with Crippen LogP contribution in [0.5, 0.6) is 0 Å². The summed E-state index contributed by atoms with van der Waals surface area (Å²) in [6.45, 7) is 5.67. The van der Waals surface area contributed by atoms with Crippen molar-refractivity contribution in [3.63, 3.8) is 0 Å². The van der Waals surface area contributed by atoms with Gasteiger partial charge in [0, 0.05) is 11.4 Å². The highest BCUT2D eigenvalue weighted by atomic mass is 19.1. The first kappa shape index (κ1) is 18.6. The zero-order chi connectivity index (χ0) is 19.7. The van der Waals surface area contributed by atoms with Crippen LogP contribution in [0, 0.1) is 19.7 Å². The number of halogens is 1. The van der Waals surface area contributed by atoms with E-state index in [4.69, 9.17) is 4.74 Å². The van der Waals surface area contributed by atoms with Crippen LogP contribution < -0.4 is 4.90 Å². The van der Waals surface area contributed by atoms with Gasteiger partial charge in [0.25, 0.3) is 5.91 Å². The number of hydrogen-bond acceptors (Lipinski definition) is 3. The number of esters is 1. The molecule has 1 aliphatic rings. The van der Waals surface area contributed by atoms with Gasteiger partial charge in [0.2, 0.25) is 0 Å². The lowest BCUT2D eigenvalue weighted by Gasteiger charge is -2.19. The fourth-order valence-electron chi connectivity index (χ4n) is 3.08. The molecule has 1 heterocycles. The number of anilines is 1. The van der Waals surface area contributed by atoms with Crippen LogP contribution in [0.4, 0.5) is 10.1 Å². The Morgan fingerprint density at radius 3 is 2.30 bits per heavy atom. The van der Waals surface area contributed by atoms with Crippen molar-refractivity contribution in [3.05, 3.63) is 81.8 Å². The molecular weight excluding hydrogens is 345 g/mol. The van der Waals surface area contributed by atoms with Crippen molar-refractivity contribution in [2.45, 2.75) is 20.8 Å². The number of nitrogens with zero attached hydrogens (tertiary/aromatic N) is 1. The molecule has 0 saturated carbocycles. The molecule has 3 rings (SSSR count). The molecular formula is C22H20FNO3. The van der Waals surface area contributed by atoms with E-state index in [1.807, 2.05) is 32.0 Å². The highest BCUT2D eigenvalue weighted by Gasteiger charge is 2.37. The predicted octanol–water partition coefficient (Wildman–Crippen LogP) is 4.32. The van der Waals surface area contributed by atoms with E-state index in [9.17, 15) is 14.0 Å². The summed E-state index contributed by atoms with van der Waals surface area (Å²) in [5, 5.41) is 0. The summed E-state index contributed by atoms with van der Waals surface area (Å²) in [5.74, 6) is -1.27. The molecule has 0 saturated heterocycles. The third kappa shape index (κ3) is 3.40. The van der Waals surface area contributed by atoms with E-state index in [0.29, 0.717) is 16.9 Å². The molecule has 0 bridgehead atoms. The van der Waals surface area contributed by atoms with Gasteiger partial charge >= 0.3 is 5.97 Å². The van der Waals surface area contributed by atoms with Crippen LogP contribution >= 0.6 is 0 Å². The number of carbonyl (C=O) groups excluding carboxylic acids is 2. The molecule has 4 nitrogen and oxygen atoms in total. The van der Waals surface area contributed by atoms with Crippen molar-refractivity contribution in [2.24, 2.45) is 0 Å². The Morgan fingerprint density at radius 1 is 1.04 bits per heavy atom. The lowest BCUT2D eigenvalue weighted by atomic mass is 10.0. The predicted molar refractivity (Wildman–Crippen MR) is 102 cm³/mol. The van der Waals surface area contributed by atoms with Crippen LogP contribution in [0.3, 0.4) is 0 Å². The molecule has 2 aromatic rings. The fraction of sp³-hybridized carbons (Fsp3) is 0.182. The highest BCUT2D eigenvalue weighted by molar-refractivity contribution is 6.23. The molecule has 5 heteroatoms. The summed E-state index contributed by atoms with van der Waals surface area (Å²) < 4.78 is 18.1. The Balaban J connectivity index is 2.14. The minimum atomic E-state index is -0.583. The van der Waals surface area contributed by atoms with Gasteiger partial charge in [0.05, 0.1) is 18.3 Å². The first-order valence-corrected chi connectivity index (χ1v) is 8.52. The summed E-state index contributed by atoms with van der Waals surface area (Å²) in [7, 11) is 1.28. The summed E-state index contributed by atoms with van der Waals surface area (Å²) in [4.78, 5) is 27.0. The van der Waals surface area contributed by atoms with Crippen LogP contribution in [0.15, 0.2) is 59.3 Å². The third-order valence-corrected chi connectivity index (χ3v) is 4.72. The molecule has 1 aliphatic heterocycles. The minimum Gasteiger partial charge on any atom is -0.465 e. The number of aryl methyl sites for hydroxylation is 2. The number of ether oxygens (including phenoxy) is 1. The number of benzene rings is 2. The highest BCUT2D eigenvalue weighted by Crippen LogP contribution is 2.36. The second kappa shape index (κ2) is 7.19. The van der Waals surface area contributed by atoms with Gasteiger partial charge in [-0.1, -0.05) is 18.2 Å². The van der Waals surface area contributed by atoms with Crippen LogP contribution in [-0.4, -0.2) is 19.0 Å². The zero-order valence-corrected chi connectivity index (χ0v) is 15.7. The molecule has 138 valence electrons. The van der Waals surface area contributed by atoms with Crippen molar-refractivity contribution in [1.29, 1.82) is 0 Å². The second-order valence-corrected chi connectivity index (χ2v) is 6.47. The van der Waals surface area contributed by atoms with Gasteiger partial charge in [0.1, 0.15) is 5.82 Å². The van der Waals surface area contributed by atoms with Crippen molar-refractivity contribution < 1.29 is 18.7 Å². The molecule has 0 radical (unpaired) electrons. The van der Waals surface area contributed by atoms with Crippen molar-refractivity contribution in [2.75, 3.05) is 12.0 Å². The van der Waals surface area contributed by atoms with Gasteiger partial charge in [-0.15, -0.1) is 0 Å². The van der Waals surface area contributed by atoms with Gasteiger partial charge in [0.15, 0.2) is 0 Å². The fourth-order valence-corrected chi connectivity index (χ4v) is 3.08. The minimum absolute atomic E-state index is 0.213. The molecule has 1 amide bonds. The number of hydrogen-bond donors (Lipinski definition) is 0. The third-order valence-electron chi connectivity index (χ3n) is 4.72. The molecule has 0 aromatic heterocycles. The molecule has 0 aliphatic carbocycles. The Labute approximate surface area is 157 Å². The topological polar surface area (TPSA) is 46.6 Å². The van der Waals surface area contributed by atoms with Crippen molar-refractivity contribution in [3.8, 4) is 0 Å². The van der Waals surface area contributed by atoms with Gasteiger partial charge in [-0.25, -0.2) is 9.18 Å². The van der Waals surface area contributed by atoms with Crippen LogP contribution in [-0.2, 0) is 14.3 Å².